The lowest BCUT2D eigenvalue weighted by Crippen LogP contribution is -2.18. The molecule has 3 N–H and O–H groups in total. The molecule has 0 radical (unpaired) electrons. The van der Waals surface area contributed by atoms with Crippen LogP contribution in [0.2, 0.25) is 0 Å². The molecule has 4 nitrogen and oxygen atoms in total. The van der Waals surface area contributed by atoms with Gasteiger partial charge < -0.3 is 10.3 Å². The van der Waals surface area contributed by atoms with Crippen LogP contribution in [0.4, 0.5) is 11.4 Å². The first kappa shape index (κ1) is 12.9. The van der Waals surface area contributed by atoms with Crippen LogP contribution in [-0.4, -0.2) is 18.1 Å². The maximum atomic E-state index is 5.85. The Bertz CT molecular complexity index is 674. The molecule has 2 aliphatic rings. The molecule has 4 heteroatoms. The second-order valence-corrected chi connectivity index (χ2v) is 6.16. The molecule has 1 saturated heterocycles. The van der Waals surface area contributed by atoms with Gasteiger partial charge in [0.1, 0.15) is 0 Å². The molecule has 1 aromatic heterocycles. The molecule has 1 aromatic carbocycles. The number of fused-ring (bicyclic) bond motifs is 2. The van der Waals surface area contributed by atoms with Gasteiger partial charge in [-0.3, -0.25) is 10.8 Å². The van der Waals surface area contributed by atoms with E-state index in [-0.39, 0.29) is 0 Å². The van der Waals surface area contributed by atoms with Crippen molar-refractivity contribution in [3.63, 3.8) is 0 Å². The third-order valence-corrected chi connectivity index (χ3v) is 4.86. The van der Waals surface area contributed by atoms with Crippen molar-refractivity contribution >= 4 is 22.3 Å². The summed E-state index contributed by atoms with van der Waals surface area (Å²) in [5.74, 6) is 5.85. The molecule has 110 valence electrons. The van der Waals surface area contributed by atoms with Gasteiger partial charge in [-0.05, 0) is 62.3 Å². The van der Waals surface area contributed by atoms with Crippen molar-refractivity contribution in [2.24, 2.45) is 5.84 Å². The summed E-state index contributed by atoms with van der Waals surface area (Å²) in [4.78, 5) is 7.34. The Morgan fingerprint density at radius 3 is 2.67 bits per heavy atom. The molecular weight excluding hydrogens is 260 g/mol. The Kier molecular flexibility index (Phi) is 3.19. The lowest BCUT2D eigenvalue weighted by atomic mass is 9.93. The van der Waals surface area contributed by atoms with Gasteiger partial charge in [0.15, 0.2) is 0 Å². The first-order chi connectivity index (χ1) is 10.4. The highest BCUT2D eigenvalue weighted by atomic mass is 15.2. The Morgan fingerprint density at radius 2 is 1.86 bits per heavy atom. The monoisotopic (exact) mass is 282 g/mol. The van der Waals surface area contributed by atoms with E-state index in [1.165, 1.54) is 48.0 Å². The predicted octanol–water partition coefficient (Wildman–Crippen LogP) is 3.00. The van der Waals surface area contributed by atoms with Crippen LogP contribution in [0, 0.1) is 0 Å². The van der Waals surface area contributed by atoms with Gasteiger partial charge in [0.25, 0.3) is 0 Å². The minimum atomic E-state index is 1.06. The number of benzene rings is 1. The summed E-state index contributed by atoms with van der Waals surface area (Å²) in [5, 5.41) is 1.17. The van der Waals surface area contributed by atoms with E-state index in [9.17, 15) is 0 Å². The minimum absolute atomic E-state index is 1.06. The van der Waals surface area contributed by atoms with Gasteiger partial charge in [-0.2, -0.15) is 0 Å². The zero-order valence-electron chi connectivity index (χ0n) is 12.4. The van der Waals surface area contributed by atoms with E-state index >= 15 is 0 Å². The summed E-state index contributed by atoms with van der Waals surface area (Å²) >= 11 is 0. The van der Waals surface area contributed by atoms with Crippen molar-refractivity contribution in [1.29, 1.82) is 0 Å². The van der Waals surface area contributed by atoms with Crippen LogP contribution in [0.5, 0.6) is 0 Å². The molecule has 0 saturated carbocycles. The average Bonchev–Trinajstić information content (AvgIpc) is 3.06. The molecule has 0 unspecified atom stereocenters. The summed E-state index contributed by atoms with van der Waals surface area (Å²) in [6.45, 7) is 2.32. The van der Waals surface area contributed by atoms with Crippen LogP contribution in [0.1, 0.15) is 36.9 Å². The van der Waals surface area contributed by atoms with Gasteiger partial charge in [0.05, 0.1) is 11.2 Å². The number of nitrogens with two attached hydrogens (primary N) is 1. The maximum absolute atomic E-state index is 5.85. The van der Waals surface area contributed by atoms with Crippen molar-refractivity contribution in [3.8, 4) is 0 Å². The number of hydrazine groups is 1. The summed E-state index contributed by atoms with van der Waals surface area (Å²) in [7, 11) is 0. The van der Waals surface area contributed by atoms with E-state index in [1.807, 2.05) is 0 Å². The molecule has 0 bridgehead atoms. The van der Waals surface area contributed by atoms with Gasteiger partial charge >= 0.3 is 0 Å². The van der Waals surface area contributed by atoms with Crippen LogP contribution in [0.3, 0.4) is 0 Å². The number of pyridine rings is 1. The Hall–Kier alpha value is -1.81. The fraction of sp³-hybridized carbons (Fsp3) is 0.471. The van der Waals surface area contributed by atoms with E-state index in [0.29, 0.717) is 0 Å². The van der Waals surface area contributed by atoms with Crippen LogP contribution in [-0.2, 0) is 12.8 Å². The number of aryl methyl sites for hydroxylation is 1. The predicted molar refractivity (Wildman–Crippen MR) is 87.6 cm³/mol. The quantitative estimate of drug-likeness (QED) is 0.657. The topological polar surface area (TPSA) is 54.2 Å². The molecule has 0 spiro atoms. The molecule has 1 aliphatic carbocycles. The van der Waals surface area contributed by atoms with Gasteiger partial charge in [-0.15, -0.1) is 0 Å². The summed E-state index contributed by atoms with van der Waals surface area (Å²) < 4.78 is 0. The van der Waals surface area contributed by atoms with Gasteiger partial charge in [0, 0.05) is 29.9 Å². The minimum Gasteiger partial charge on any atom is -0.372 e. The zero-order chi connectivity index (χ0) is 14.2. The molecule has 2 aromatic rings. The van der Waals surface area contributed by atoms with Gasteiger partial charge in [-0.25, -0.2) is 0 Å². The summed E-state index contributed by atoms with van der Waals surface area (Å²) in [6.07, 6.45) is 7.23. The average molecular weight is 282 g/mol. The fourth-order valence-corrected chi connectivity index (χ4v) is 3.75. The first-order valence-corrected chi connectivity index (χ1v) is 8.04. The lowest BCUT2D eigenvalue weighted by molar-refractivity contribution is 0.672. The van der Waals surface area contributed by atoms with E-state index in [2.05, 4.69) is 28.5 Å². The largest absolute Gasteiger partial charge is 0.372 e. The van der Waals surface area contributed by atoms with E-state index < -0.39 is 0 Å². The van der Waals surface area contributed by atoms with Crippen molar-refractivity contribution in [2.45, 2.75) is 38.5 Å². The smallest absolute Gasteiger partial charge is 0.0728 e. The molecule has 0 amide bonds. The summed E-state index contributed by atoms with van der Waals surface area (Å²) in [6, 6.07) is 6.62. The van der Waals surface area contributed by atoms with Crippen LogP contribution >= 0.6 is 0 Å². The molecule has 0 atom stereocenters. The Labute approximate surface area is 125 Å². The maximum Gasteiger partial charge on any atom is 0.0728 e. The highest BCUT2D eigenvalue weighted by molar-refractivity contribution is 5.95. The van der Waals surface area contributed by atoms with Gasteiger partial charge in [0.2, 0.25) is 0 Å². The number of nitrogen functional groups attached to an aromatic ring is 1. The third kappa shape index (κ3) is 2.14. The lowest BCUT2D eigenvalue weighted by Gasteiger charge is -2.22. The second-order valence-electron chi connectivity index (χ2n) is 6.16. The molecule has 4 rings (SSSR count). The molecule has 2 heterocycles. The van der Waals surface area contributed by atoms with E-state index in [4.69, 9.17) is 10.8 Å². The highest BCUT2D eigenvalue weighted by Crippen LogP contribution is 2.35. The second kappa shape index (κ2) is 5.19. The van der Waals surface area contributed by atoms with Gasteiger partial charge in [-0.1, -0.05) is 0 Å². The van der Waals surface area contributed by atoms with Crippen molar-refractivity contribution in [2.75, 3.05) is 23.4 Å². The molecular formula is C17H22N4. The molecule has 21 heavy (non-hydrogen) atoms. The van der Waals surface area contributed by atoms with Crippen molar-refractivity contribution in [1.82, 2.24) is 4.98 Å². The van der Waals surface area contributed by atoms with Crippen LogP contribution < -0.4 is 16.2 Å². The Balaban J connectivity index is 1.88. The number of aromatic nitrogens is 1. The number of nitrogens with zero attached hydrogens (tertiary/aromatic N) is 2. The Morgan fingerprint density at radius 1 is 1.05 bits per heavy atom. The highest BCUT2D eigenvalue weighted by Gasteiger charge is 2.19. The number of hydrogen-bond acceptors (Lipinski definition) is 4. The normalized spacial score (nSPS) is 18.0. The third-order valence-electron chi connectivity index (χ3n) is 4.86. The van der Waals surface area contributed by atoms with Crippen molar-refractivity contribution in [3.05, 3.63) is 29.5 Å². The summed E-state index contributed by atoms with van der Waals surface area (Å²) in [5.41, 5.74) is 8.97. The fourth-order valence-electron chi connectivity index (χ4n) is 3.75. The van der Waals surface area contributed by atoms with Crippen LogP contribution in [0.25, 0.3) is 10.9 Å². The standard InChI is InChI=1S/C17H22N4/c18-20-17-13-5-1-2-6-15(13)19-16-8-7-12(11-14(16)17)21-9-3-4-10-21/h7-8,11H,1-6,9-10,18H2,(H,19,20). The first-order valence-electron chi connectivity index (χ1n) is 8.04. The molecule has 1 fully saturated rings. The molecule has 1 aliphatic heterocycles. The van der Waals surface area contributed by atoms with Crippen molar-refractivity contribution < 1.29 is 0 Å². The number of anilines is 2. The van der Waals surface area contributed by atoms with Crippen LogP contribution in [0.15, 0.2) is 18.2 Å². The van der Waals surface area contributed by atoms with E-state index in [0.717, 1.165) is 37.1 Å². The number of hydrogen-bond donors (Lipinski definition) is 2. The zero-order valence-corrected chi connectivity index (χ0v) is 12.4. The number of nitrogens with one attached hydrogen (secondary N) is 1. The number of rotatable bonds is 2. The van der Waals surface area contributed by atoms with E-state index in [1.54, 1.807) is 0 Å². The SMILES string of the molecule is NNc1c2c(nc3ccc(N4CCCC4)cc13)CCCC2.